The molecule has 7 heteroatoms. The second kappa shape index (κ2) is 7.96. The number of carbonyl (C=O) groups is 1. The van der Waals surface area contributed by atoms with Gasteiger partial charge in [-0.15, -0.1) is 0 Å². The highest BCUT2D eigenvalue weighted by Crippen LogP contribution is 2.23. The largest absolute Gasteiger partial charge is 0.460 e. The van der Waals surface area contributed by atoms with Gasteiger partial charge in [-0.05, 0) is 37.3 Å². The average molecular weight is 382 g/mol. The Balaban J connectivity index is 1.28. The van der Waals surface area contributed by atoms with Crippen LogP contribution in [0.1, 0.15) is 31.2 Å². The van der Waals surface area contributed by atoms with Crippen molar-refractivity contribution in [1.29, 1.82) is 0 Å². The van der Waals surface area contributed by atoms with Crippen LogP contribution in [-0.4, -0.2) is 32.6 Å². The Labute approximate surface area is 162 Å². The van der Waals surface area contributed by atoms with Crippen LogP contribution >= 0.6 is 0 Å². The van der Waals surface area contributed by atoms with E-state index in [1.165, 1.54) is 0 Å². The molecule has 1 aromatic carbocycles. The summed E-state index contributed by atoms with van der Waals surface area (Å²) in [6, 6.07) is 8.46. The second-order valence-corrected chi connectivity index (χ2v) is 7.30. The van der Waals surface area contributed by atoms with Crippen molar-refractivity contribution in [3.05, 3.63) is 54.2 Å². The quantitative estimate of drug-likeness (QED) is 0.736. The molecule has 0 atom stereocenters. The molecule has 3 aromatic rings. The third-order valence-electron chi connectivity index (χ3n) is 5.24. The van der Waals surface area contributed by atoms with Crippen LogP contribution in [-0.2, 0) is 18.3 Å². The van der Waals surface area contributed by atoms with Crippen LogP contribution in [0.3, 0.4) is 0 Å². The van der Waals surface area contributed by atoms with Gasteiger partial charge in [0.25, 0.3) is 0 Å². The molecule has 4 rings (SSSR count). The van der Waals surface area contributed by atoms with Gasteiger partial charge >= 0.3 is 6.01 Å². The van der Waals surface area contributed by atoms with Crippen LogP contribution in [0.5, 0.6) is 6.01 Å². The molecule has 0 saturated heterocycles. The second-order valence-electron chi connectivity index (χ2n) is 7.30. The third kappa shape index (κ3) is 4.13. The van der Waals surface area contributed by atoms with Crippen molar-refractivity contribution in [2.24, 2.45) is 7.05 Å². The molecule has 1 fully saturated rings. The molecule has 2 aromatic heterocycles. The number of nitrogens with one attached hydrogen (secondary N) is 1. The first kappa shape index (κ1) is 18.4. The Morgan fingerprint density at radius 3 is 2.68 bits per heavy atom. The fourth-order valence-corrected chi connectivity index (χ4v) is 3.85. The van der Waals surface area contributed by atoms with E-state index in [4.69, 9.17) is 4.74 Å². The molecule has 2 heterocycles. The summed E-state index contributed by atoms with van der Waals surface area (Å²) >= 11 is 0. The van der Waals surface area contributed by atoms with E-state index in [0.29, 0.717) is 6.42 Å². The number of hydrogen-bond donors (Lipinski definition) is 1. The average Bonchev–Trinajstić information content (AvgIpc) is 3.01. The van der Waals surface area contributed by atoms with Crippen LogP contribution in [0.2, 0.25) is 0 Å². The molecule has 1 aliphatic carbocycles. The molecule has 6 nitrogen and oxygen atoms in total. The van der Waals surface area contributed by atoms with Crippen molar-refractivity contribution in [3.63, 3.8) is 0 Å². The molecule has 0 spiro atoms. The van der Waals surface area contributed by atoms with E-state index in [1.54, 1.807) is 0 Å². The number of ether oxygens (including phenoxy) is 1. The first-order valence-corrected chi connectivity index (χ1v) is 9.55. The highest BCUT2D eigenvalue weighted by atomic mass is 19.1. The number of carbonyl (C=O) groups excluding carboxylic acids is 1. The predicted molar refractivity (Wildman–Crippen MR) is 103 cm³/mol. The molecule has 28 heavy (non-hydrogen) atoms. The normalized spacial score (nSPS) is 19.5. The monoisotopic (exact) mass is 382 g/mol. The molecular formula is C21H23FN4O2. The summed E-state index contributed by atoms with van der Waals surface area (Å²) in [7, 11) is 2.00. The van der Waals surface area contributed by atoms with Gasteiger partial charge < -0.3 is 14.6 Å². The van der Waals surface area contributed by atoms with Gasteiger partial charge in [0.05, 0.1) is 18.8 Å². The fraction of sp³-hybridized carbons (Fsp3) is 0.381. The van der Waals surface area contributed by atoms with E-state index in [9.17, 15) is 9.18 Å². The van der Waals surface area contributed by atoms with Crippen LogP contribution in [0.4, 0.5) is 4.39 Å². The van der Waals surface area contributed by atoms with Crippen LogP contribution in [0.25, 0.3) is 10.9 Å². The summed E-state index contributed by atoms with van der Waals surface area (Å²) < 4.78 is 20.6. The first-order valence-electron chi connectivity index (χ1n) is 9.55. The maximum Gasteiger partial charge on any atom is 0.316 e. The number of aryl methyl sites for hydroxylation is 1. The molecule has 1 aliphatic rings. The number of fused-ring (bicyclic) bond motifs is 1. The Morgan fingerprint density at radius 2 is 1.93 bits per heavy atom. The van der Waals surface area contributed by atoms with Crippen molar-refractivity contribution in [2.45, 2.75) is 44.2 Å². The minimum Gasteiger partial charge on any atom is -0.460 e. The van der Waals surface area contributed by atoms with Crippen molar-refractivity contribution >= 4 is 16.8 Å². The van der Waals surface area contributed by atoms with Gasteiger partial charge in [-0.25, -0.2) is 14.4 Å². The standard InChI is InChI=1S/C21H23FN4O2/c1-26-13-14(18-4-2-3-5-19(18)26)10-20(27)25-16-6-8-17(9-7-16)28-21-23-11-15(22)12-24-21/h2-5,11-13,16-17H,6-10H2,1H3,(H,25,27). The SMILES string of the molecule is Cn1cc(CC(=O)NC2CCC(Oc3ncc(F)cn3)CC2)c2ccccc21. The summed E-state index contributed by atoms with van der Waals surface area (Å²) in [6.45, 7) is 0. The van der Waals surface area contributed by atoms with Gasteiger partial charge in [-0.3, -0.25) is 4.79 Å². The summed E-state index contributed by atoms with van der Waals surface area (Å²) in [4.78, 5) is 20.2. The zero-order valence-electron chi connectivity index (χ0n) is 15.8. The lowest BCUT2D eigenvalue weighted by atomic mass is 9.93. The van der Waals surface area contributed by atoms with E-state index in [1.807, 2.05) is 25.4 Å². The van der Waals surface area contributed by atoms with Crippen LogP contribution in [0.15, 0.2) is 42.9 Å². The molecule has 0 aliphatic heterocycles. The zero-order valence-corrected chi connectivity index (χ0v) is 15.8. The summed E-state index contributed by atoms with van der Waals surface area (Å²) in [5, 5.41) is 4.27. The van der Waals surface area contributed by atoms with E-state index in [0.717, 1.165) is 54.5 Å². The fourth-order valence-electron chi connectivity index (χ4n) is 3.85. The minimum atomic E-state index is -0.482. The van der Waals surface area contributed by atoms with Crippen LogP contribution < -0.4 is 10.1 Å². The van der Waals surface area contributed by atoms with Crippen molar-refractivity contribution in [2.75, 3.05) is 0 Å². The van der Waals surface area contributed by atoms with E-state index < -0.39 is 5.82 Å². The Kier molecular flexibility index (Phi) is 5.23. The van der Waals surface area contributed by atoms with Crippen molar-refractivity contribution in [3.8, 4) is 6.01 Å². The lowest BCUT2D eigenvalue weighted by molar-refractivity contribution is -0.121. The van der Waals surface area contributed by atoms with Crippen molar-refractivity contribution < 1.29 is 13.9 Å². The number of para-hydroxylation sites is 1. The van der Waals surface area contributed by atoms with Gasteiger partial charge in [-0.1, -0.05) is 18.2 Å². The molecule has 1 amide bonds. The summed E-state index contributed by atoms with van der Waals surface area (Å²) in [5.41, 5.74) is 2.17. The van der Waals surface area contributed by atoms with Gasteiger partial charge in [0.2, 0.25) is 5.91 Å². The topological polar surface area (TPSA) is 69.0 Å². The molecule has 146 valence electrons. The zero-order chi connectivity index (χ0) is 19.5. The van der Waals surface area contributed by atoms with Gasteiger partial charge in [-0.2, -0.15) is 0 Å². The number of nitrogens with zero attached hydrogens (tertiary/aromatic N) is 3. The highest BCUT2D eigenvalue weighted by Gasteiger charge is 2.24. The molecule has 1 N–H and O–H groups in total. The molecular weight excluding hydrogens is 359 g/mol. The number of amides is 1. The summed E-state index contributed by atoms with van der Waals surface area (Å²) in [5.74, 6) is -0.437. The number of aromatic nitrogens is 3. The number of rotatable bonds is 5. The Hall–Kier alpha value is -2.96. The smallest absolute Gasteiger partial charge is 0.316 e. The Morgan fingerprint density at radius 1 is 1.21 bits per heavy atom. The molecule has 0 bridgehead atoms. The van der Waals surface area contributed by atoms with Crippen molar-refractivity contribution in [1.82, 2.24) is 19.9 Å². The third-order valence-corrected chi connectivity index (χ3v) is 5.24. The number of benzene rings is 1. The predicted octanol–water partition coefficient (Wildman–Crippen LogP) is 3.16. The minimum absolute atomic E-state index is 0.00307. The maximum atomic E-state index is 12.9. The van der Waals surface area contributed by atoms with Gasteiger partial charge in [0, 0.05) is 30.2 Å². The lowest BCUT2D eigenvalue weighted by Crippen LogP contribution is -2.40. The van der Waals surface area contributed by atoms with Crippen LogP contribution in [0, 0.1) is 5.82 Å². The first-order chi connectivity index (χ1) is 13.6. The Bertz CT molecular complexity index is 962. The van der Waals surface area contributed by atoms with Gasteiger partial charge in [0.1, 0.15) is 6.10 Å². The molecule has 1 saturated carbocycles. The molecule has 0 radical (unpaired) electrons. The highest BCUT2D eigenvalue weighted by molar-refractivity contribution is 5.89. The number of halogens is 1. The lowest BCUT2D eigenvalue weighted by Gasteiger charge is -2.28. The van der Waals surface area contributed by atoms with Gasteiger partial charge in [0.15, 0.2) is 5.82 Å². The number of hydrogen-bond acceptors (Lipinski definition) is 4. The maximum absolute atomic E-state index is 12.9. The molecule has 0 unspecified atom stereocenters. The van der Waals surface area contributed by atoms with E-state index >= 15 is 0 Å². The van der Waals surface area contributed by atoms with E-state index in [-0.39, 0.29) is 24.1 Å². The van der Waals surface area contributed by atoms with E-state index in [2.05, 4.69) is 32.0 Å². The summed E-state index contributed by atoms with van der Waals surface area (Å²) in [6.07, 6.45) is 7.89.